The number of benzene rings is 1. The molecule has 1 atom stereocenters. The molecule has 0 aromatic heterocycles. The van der Waals surface area contributed by atoms with Crippen molar-refractivity contribution < 1.29 is 5.01 Å². The molecule has 1 fully saturated rings. The Morgan fingerprint density at radius 1 is 1.22 bits per heavy atom. The molecule has 2 rings (SSSR count). The van der Waals surface area contributed by atoms with Gasteiger partial charge >= 0.3 is 0 Å². The molecule has 0 amide bonds. The van der Waals surface area contributed by atoms with Crippen molar-refractivity contribution in [2.24, 2.45) is 11.0 Å². The Morgan fingerprint density at radius 2 is 1.94 bits per heavy atom. The zero-order chi connectivity index (χ0) is 13.0. The quantitative estimate of drug-likeness (QED) is 0.827. The van der Waals surface area contributed by atoms with Gasteiger partial charge in [-0.25, -0.2) is 5.01 Å². The van der Waals surface area contributed by atoms with Gasteiger partial charge in [0.25, 0.3) is 0 Å². The Morgan fingerprint density at radius 3 is 2.61 bits per heavy atom. The van der Waals surface area contributed by atoms with Crippen LogP contribution in [0.5, 0.6) is 0 Å². The Kier molecular flexibility index (Phi) is 4.95. The van der Waals surface area contributed by atoms with Gasteiger partial charge in [0.1, 0.15) is 0 Å². The lowest BCUT2D eigenvalue weighted by molar-refractivity contribution is -0.865. The lowest BCUT2D eigenvalue weighted by Gasteiger charge is -2.23. The average molecular weight is 310 g/mol. The fourth-order valence-electron chi connectivity index (χ4n) is 2.63. The molecule has 0 radical (unpaired) electrons. The highest BCUT2D eigenvalue weighted by Gasteiger charge is 2.22. The summed E-state index contributed by atoms with van der Waals surface area (Å²) in [6, 6.07) is 8.70. The maximum Gasteiger partial charge on any atom is 0.0908 e. The lowest BCUT2D eigenvalue weighted by Crippen LogP contribution is -3.00. The van der Waals surface area contributed by atoms with Crippen molar-refractivity contribution in [1.29, 1.82) is 0 Å². The highest BCUT2D eigenvalue weighted by molar-refractivity contribution is 9.10. The van der Waals surface area contributed by atoms with Crippen molar-refractivity contribution in [2.75, 3.05) is 14.1 Å². The Balaban J connectivity index is 2.08. The van der Waals surface area contributed by atoms with Gasteiger partial charge in [0.2, 0.25) is 0 Å². The topological polar surface area (TPSA) is 16.8 Å². The van der Waals surface area contributed by atoms with Gasteiger partial charge in [-0.3, -0.25) is 0 Å². The van der Waals surface area contributed by atoms with Gasteiger partial charge in [-0.1, -0.05) is 39.6 Å². The maximum absolute atomic E-state index is 4.76. The molecule has 0 heterocycles. The molecular formula is C15H22BrN2+. The Hall–Kier alpha value is -0.670. The van der Waals surface area contributed by atoms with E-state index in [-0.39, 0.29) is 0 Å². The van der Waals surface area contributed by atoms with Crippen LogP contribution < -0.4 is 5.01 Å². The van der Waals surface area contributed by atoms with E-state index in [4.69, 9.17) is 5.10 Å². The molecule has 0 spiro atoms. The van der Waals surface area contributed by atoms with Crippen LogP contribution in [0.2, 0.25) is 0 Å². The molecule has 98 valence electrons. The monoisotopic (exact) mass is 309 g/mol. The molecule has 1 saturated carbocycles. The number of rotatable bonds is 3. The first-order valence-corrected chi connectivity index (χ1v) is 7.56. The van der Waals surface area contributed by atoms with Crippen molar-refractivity contribution in [2.45, 2.75) is 32.1 Å². The van der Waals surface area contributed by atoms with E-state index in [9.17, 15) is 0 Å². The van der Waals surface area contributed by atoms with Gasteiger partial charge in [0.05, 0.1) is 19.8 Å². The van der Waals surface area contributed by atoms with Crippen LogP contribution in [0.25, 0.3) is 0 Å². The SMILES string of the molecule is C[NH+](C)N=C1CCCCC1Cc1ccc(Br)cc1. The maximum atomic E-state index is 4.76. The molecule has 1 aliphatic rings. The van der Waals surface area contributed by atoms with Crippen LogP contribution in [0.4, 0.5) is 0 Å². The Labute approximate surface area is 118 Å². The summed E-state index contributed by atoms with van der Waals surface area (Å²) >= 11 is 3.49. The van der Waals surface area contributed by atoms with Crippen molar-refractivity contribution in [3.8, 4) is 0 Å². The molecule has 18 heavy (non-hydrogen) atoms. The molecule has 3 heteroatoms. The van der Waals surface area contributed by atoms with E-state index in [0.717, 1.165) is 10.9 Å². The van der Waals surface area contributed by atoms with E-state index < -0.39 is 0 Å². The summed E-state index contributed by atoms with van der Waals surface area (Å²) in [5, 5.41) is 5.94. The number of hydrogen-bond donors (Lipinski definition) is 1. The van der Waals surface area contributed by atoms with Gasteiger partial charge in [-0.2, -0.15) is 0 Å². The van der Waals surface area contributed by atoms with Crippen molar-refractivity contribution in [3.05, 3.63) is 34.3 Å². The van der Waals surface area contributed by atoms with Crippen molar-refractivity contribution >= 4 is 21.6 Å². The van der Waals surface area contributed by atoms with E-state index in [1.165, 1.54) is 42.0 Å². The van der Waals surface area contributed by atoms with Gasteiger partial charge in [0.15, 0.2) is 0 Å². The van der Waals surface area contributed by atoms with Gasteiger partial charge < -0.3 is 0 Å². The number of nitrogens with zero attached hydrogens (tertiary/aromatic N) is 1. The summed E-state index contributed by atoms with van der Waals surface area (Å²) in [6.45, 7) is 0. The zero-order valence-corrected chi connectivity index (χ0v) is 12.8. The van der Waals surface area contributed by atoms with E-state index in [1.54, 1.807) is 0 Å². The normalized spacial score (nSPS) is 22.7. The van der Waals surface area contributed by atoms with Gasteiger partial charge in [-0.15, -0.1) is 0 Å². The summed E-state index contributed by atoms with van der Waals surface area (Å²) in [7, 11) is 4.19. The first-order chi connectivity index (χ1) is 8.65. The molecule has 0 bridgehead atoms. The summed E-state index contributed by atoms with van der Waals surface area (Å²) in [5.41, 5.74) is 2.84. The number of quaternary nitrogens is 1. The number of nitrogens with one attached hydrogen (secondary N) is 1. The zero-order valence-electron chi connectivity index (χ0n) is 11.2. The van der Waals surface area contributed by atoms with Crippen molar-refractivity contribution in [3.63, 3.8) is 0 Å². The van der Waals surface area contributed by atoms with Crippen LogP contribution >= 0.6 is 15.9 Å². The molecule has 2 nitrogen and oxygen atoms in total. The minimum Gasteiger partial charge on any atom is -0.214 e. The second-order valence-corrected chi connectivity index (χ2v) is 6.24. The molecule has 1 unspecified atom stereocenters. The van der Waals surface area contributed by atoms with Crippen molar-refractivity contribution in [1.82, 2.24) is 0 Å². The van der Waals surface area contributed by atoms with Crippen LogP contribution in [0.3, 0.4) is 0 Å². The summed E-state index contributed by atoms with van der Waals surface area (Å²) in [5.74, 6) is 0.648. The molecular weight excluding hydrogens is 288 g/mol. The summed E-state index contributed by atoms with van der Waals surface area (Å²) in [4.78, 5) is 0. The predicted molar refractivity (Wildman–Crippen MR) is 80.0 cm³/mol. The third-order valence-corrected chi connectivity index (χ3v) is 4.00. The lowest BCUT2D eigenvalue weighted by atomic mass is 9.83. The van der Waals surface area contributed by atoms with Gasteiger partial charge in [-0.05, 0) is 43.4 Å². The minimum atomic E-state index is 0.648. The second-order valence-electron chi connectivity index (χ2n) is 5.32. The number of hydrogen-bond acceptors (Lipinski definition) is 1. The number of halogens is 1. The van der Waals surface area contributed by atoms with Crippen LogP contribution in [-0.2, 0) is 6.42 Å². The van der Waals surface area contributed by atoms with Crippen LogP contribution in [0.15, 0.2) is 33.8 Å². The third kappa shape index (κ3) is 3.92. The molecule has 1 N–H and O–H groups in total. The first kappa shape index (κ1) is 13.8. The van der Waals surface area contributed by atoms with E-state index in [2.05, 4.69) is 54.3 Å². The second kappa shape index (κ2) is 6.48. The molecule has 0 aliphatic heterocycles. The first-order valence-electron chi connectivity index (χ1n) is 6.77. The third-order valence-electron chi connectivity index (χ3n) is 3.47. The fraction of sp³-hybridized carbons (Fsp3) is 0.533. The Bertz CT molecular complexity index is 409. The standard InChI is InChI=1S/C15H21BrN2/c1-18(2)17-15-6-4-3-5-13(15)11-12-7-9-14(16)10-8-12/h7-10,13H,3-6,11H2,1-2H3/p+1. The smallest absolute Gasteiger partial charge is 0.0908 e. The highest BCUT2D eigenvalue weighted by atomic mass is 79.9. The minimum absolute atomic E-state index is 0.648. The van der Waals surface area contributed by atoms with Crippen LogP contribution in [0, 0.1) is 5.92 Å². The van der Waals surface area contributed by atoms with Crippen LogP contribution in [0.1, 0.15) is 31.2 Å². The fourth-order valence-corrected chi connectivity index (χ4v) is 2.89. The van der Waals surface area contributed by atoms with E-state index >= 15 is 0 Å². The van der Waals surface area contributed by atoms with E-state index in [1.807, 2.05) is 0 Å². The molecule has 0 saturated heterocycles. The highest BCUT2D eigenvalue weighted by Crippen LogP contribution is 2.25. The summed E-state index contributed by atoms with van der Waals surface area (Å²) in [6.07, 6.45) is 6.28. The molecule has 1 aliphatic carbocycles. The van der Waals surface area contributed by atoms with Gasteiger partial charge in [0, 0.05) is 10.4 Å². The van der Waals surface area contributed by atoms with Crippen LogP contribution in [-0.4, -0.2) is 19.8 Å². The molecule has 1 aromatic rings. The largest absolute Gasteiger partial charge is 0.214 e. The predicted octanol–water partition coefficient (Wildman–Crippen LogP) is 2.68. The van der Waals surface area contributed by atoms with E-state index in [0.29, 0.717) is 5.92 Å². The average Bonchev–Trinajstić information content (AvgIpc) is 2.34. The summed E-state index contributed by atoms with van der Waals surface area (Å²) < 4.78 is 1.15. The molecule has 1 aromatic carbocycles.